The van der Waals surface area contributed by atoms with Gasteiger partial charge in [-0.1, -0.05) is 0 Å². The number of rotatable bonds is 6. The number of carbonyl (C=O) groups is 2. The van der Waals surface area contributed by atoms with Crippen LogP contribution in [0.15, 0.2) is 18.5 Å². The number of aromatic nitrogens is 2. The molecule has 5 heterocycles. The first-order valence-electron chi connectivity index (χ1n) is 12.5. The molecule has 184 valence electrons. The largest absolute Gasteiger partial charge is 0.351 e. The number of carbonyl (C=O) groups excluding carboxylic acids is 2. The van der Waals surface area contributed by atoms with Crippen molar-refractivity contribution in [2.75, 3.05) is 18.4 Å². The van der Waals surface area contributed by atoms with Crippen molar-refractivity contribution in [3.8, 4) is 10.6 Å². The monoisotopic (exact) mass is 510 g/mol. The summed E-state index contributed by atoms with van der Waals surface area (Å²) in [4.78, 5) is 34.9. The molecule has 2 amide bonds. The van der Waals surface area contributed by atoms with Crippen molar-refractivity contribution in [2.45, 2.75) is 69.5 Å². The molecule has 2 fully saturated rings. The van der Waals surface area contributed by atoms with Crippen LogP contribution in [0.25, 0.3) is 20.8 Å². The van der Waals surface area contributed by atoms with Crippen LogP contribution in [0.3, 0.4) is 0 Å². The maximum Gasteiger partial charge on any atom is 0.226 e. The lowest BCUT2D eigenvalue weighted by atomic mass is 9.78. The number of fused-ring (bicyclic) bond motifs is 2. The Balaban J connectivity index is 1.09. The Morgan fingerprint density at radius 2 is 2.09 bits per heavy atom. The molecule has 0 bridgehead atoms. The van der Waals surface area contributed by atoms with E-state index in [4.69, 9.17) is 4.98 Å². The first-order chi connectivity index (χ1) is 17.1. The summed E-state index contributed by atoms with van der Waals surface area (Å²) in [7, 11) is 0. The molecule has 0 radical (unpaired) electrons. The number of anilines is 1. The molecule has 8 nitrogen and oxygen atoms in total. The molecule has 3 aliphatic rings. The van der Waals surface area contributed by atoms with E-state index < -0.39 is 0 Å². The van der Waals surface area contributed by atoms with Crippen molar-refractivity contribution < 1.29 is 9.59 Å². The van der Waals surface area contributed by atoms with Crippen molar-refractivity contribution in [1.29, 1.82) is 0 Å². The highest BCUT2D eigenvalue weighted by Gasteiger charge is 2.40. The third kappa shape index (κ3) is 4.72. The Labute approximate surface area is 212 Å². The molecular weight excluding hydrogens is 480 g/mol. The van der Waals surface area contributed by atoms with Gasteiger partial charge in [-0.15, -0.1) is 22.7 Å². The Morgan fingerprint density at radius 3 is 2.89 bits per heavy atom. The number of hydrogen-bond donors (Lipinski definition) is 4. The second-order valence-corrected chi connectivity index (χ2v) is 12.0. The van der Waals surface area contributed by atoms with Gasteiger partial charge in [0.25, 0.3) is 0 Å². The summed E-state index contributed by atoms with van der Waals surface area (Å²) in [5.74, 6) is 0.226. The zero-order chi connectivity index (χ0) is 23.8. The number of thiophene rings is 1. The highest BCUT2D eigenvalue weighted by molar-refractivity contribution is 7.22. The first kappa shape index (κ1) is 23.0. The summed E-state index contributed by atoms with van der Waals surface area (Å²) in [6.45, 7) is 2.43. The number of nitrogens with zero attached hydrogens (tertiary/aromatic N) is 2. The molecule has 3 aromatic rings. The average Bonchev–Trinajstić information content (AvgIpc) is 3.55. The van der Waals surface area contributed by atoms with Gasteiger partial charge >= 0.3 is 0 Å². The number of thiazole rings is 1. The lowest BCUT2D eigenvalue weighted by Crippen LogP contribution is -2.48. The van der Waals surface area contributed by atoms with Crippen LogP contribution in [0.5, 0.6) is 0 Å². The highest BCUT2D eigenvalue weighted by atomic mass is 32.1. The fraction of sp³-hybridized carbons (Fsp3) is 0.520. The van der Waals surface area contributed by atoms with Gasteiger partial charge in [0.15, 0.2) is 0 Å². The quantitative estimate of drug-likeness (QED) is 0.404. The smallest absolute Gasteiger partial charge is 0.226 e. The summed E-state index contributed by atoms with van der Waals surface area (Å²) < 4.78 is 1.11. The van der Waals surface area contributed by atoms with Crippen LogP contribution in [0, 0.1) is 0 Å². The molecule has 6 rings (SSSR count). The van der Waals surface area contributed by atoms with Crippen LogP contribution in [0.1, 0.15) is 55.4 Å². The molecule has 1 aliphatic carbocycles. The van der Waals surface area contributed by atoms with Crippen molar-refractivity contribution in [3.05, 3.63) is 28.9 Å². The van der Waals surface area contributed by atoms with Gasteiger partial charge in [-0.3, -0.25) is 14.6 Å². The van der Waals surface area contributed by atoms with E-state index in [0.717, 1.165) is 77.4 Å². The minimum Gasteiger partial charge on any atom is -0.351 e. The fourth-order valence-electron chi connectivity index (χ4n) is 5.64. The molecule has 10 heteroatoms. The summed E-state index contributed by atoms with van der Waals surface area (Å²) >= 11 is 3.33. The minimum absolute atomic E-state index is 0.0309. The number of pyridine rings is 1. The fourth-order valence-corrected chi connectivity index (χ4v) is 7.95. The zero-order valence-corrected chi connectivity index (χ0v) is 21.2. The van der Waals surface area contributed by atoms with E-state index in [1.165, 1.54) is 10.4 Å². The van der Waals surface area contributed by atoms with Crippen LogP contribution in [-0.4, -0.2) is 46.5 Å². The standard InChI is InChI=1S/C25H30N6O2S2/c32-20(6-12-28-15-1-7-25(8-2-15)9-3-21(33)31-25)30-24-22(16-4-10-27-14-19(16)35-24)23-29-17-13-26-11-5-18(17)34-23/h5,11,13,15,27-28H,1-4,6-10,12,14H2,(H,30,32)(H,31,33)/t15-,25+. The molecule has 1 saturated heterocycles. The molecule has 1 spiro atoms. The Morgan fingerprint density at radius 1 is 1.20 bits per heavy atom. The van der Waals surface area contributed by atoms with Crippen LogP contribution in [-0.2, 0) is 22.6 Å². The third-order valence-corrected chi connectivity index (χ3v) is 9.75. The molecule has 2 aliphatic heterocycles. The second kappa shape index (κ2) is 9.57. The zero-order valence-electron chi connectivity index (χ0n) is 19.6. The topological polar surface area (TPSA) is 108 Å². The second-order valence-electron chi connectivity index (χ2n) is 9.85. The van der Waals surface area contributed by atoms with E-state index in [-0.39, 0.29) is 17.4 Å². The molecule has 0 aromatic carbocycles. The van der Waals surface area contributed by atoms with Gasteiger partial charge in [0, 0.05) is 54.1 Å². The SMILES string of the molecule is O=C(CCN[C@H]1CC[C@]2(CCC(=O)N2)CC1)Nc1sc2c(c1-c1nc3cnccc3s1)CCNC2. The van der Waals surface area contributed by atoms with Gasteiger partial charge in [0.2, 0.25) is 11.8 Å². The maximum atomic E-state index is 12.9. The summed E-state index contributed by atoms with van der Waals surface area (Å²) in [6.07, 6.45) is 10.7. The molecule has 4 N–H and O–H groups in total. The van der Waals surface area contributed by atoms with E-state index in [1.54, 1.807) is 35.1 Å². The summed E-state index contributed by atoms with van der Waals surface area (Å²) in [6, 6.07) is 2.41. The molecular formula is C25H30N6O2S2. The van der Waals surface area contributed by atoms with E-state index in [1.807, 2.05) is 6.07 Å². The lowest BCUT2D eigenvalue weighted by molar-refractivity contribution is -0.120. The predicted molar refractivity (Wildman–Crippen MR) is 140 cm³/mol. The average molecular weight is 511 g/mol. The van der Waals surface area contributed by atoms with Crippen LogP contribution in [0.4, 0.5) is 5.00 Å². The van der Waals surface area contributed by atoms with Gasteiger partial charge in [-0.2, -0.15) is 0 Å². The third-order valence-electron chi connectivity index (χ3n) is 7.55. The minimum atomic E-state index is 0.0309. The van der Waals surface area contributed by atoms with Crippen LogP contribution < -0.4 is 21.3 Å². The Bertz CT molecular complexity index is 1230. The Kier molecular flexibility index (Phi) is 6.30. The number of amides is 2. The summed E-state index contributed by atoms with van der Waals surface area (Å²) in [5.41, 5.74) is 3.33. The van der Waals surface area contributed by atoms with Crippen molar-refractivity contribution in [1.82, 2.24) is 25.9 Å². The van der Waals surface area contributed by atoms with Gasteiger partial charge < -0.3 is 21.3 Å². The number of hydrogen-bond acceptors (Lipinski definition) is 8. The van der Waals surface area contributed by atoms with Gasteiger partial charge in [0.1, 0.15) is 15.5 Å². The molecule has 0 atom stereocenters. The van der Waals surface area contributed by atoms with E-state index in [0.29, 0.717) is 25.4 Å². The van der Waals surface area contributed by atoms with E-state index in [9.17, 15) is 9.59 Å². The number of nitrogens with one attached hydrogen (secondary N) is 4. The Hall–Kier alpha value is -2.40. The van der Waals surface area contributed by atoms with Crippen molar-refractivity contribution in [2.24, 2.45) is 0 Å². The molecule has 0 unspecified atom stereocenters. The first-order valence-corrected chi connectivity index (χ1v) is 14.1. The van der Waals surface area contributed by atoms with Gasteiger partial charge in [-0.25, -0.2) is 4.98 Å². The van der Waals surface area contributed by atoms with E-state index >= 15 is 0 Å². The summed E-state index contributed by atoms with van der Waals surface area (Å²) in [5, 5.41) is 15.3. The molecule has 3 aromatic heterocycles. The normalized spacial score (nSPS) is 24.0. The van der Waals surface area contributed by atoms with Crippen molar-refractivity contribution in [3.63, 3.8) is 0 Å². The van der Waals surface area contributed by atoms with Crippen molar-refractivity contribution >= 4 is 49.7 Å². The maximum absolute atomic E-state index is 12.9. The molecule has 35 heavy (non-hydrogen) atoms. The van der Waals surface area contributed by atoms with Crippen LogP contribution >= 0.6 is 22.7 Å². The van der Waals surface area contributed by atoms with Gasteiger partial charge in [-0.05, 0) is 56.7 Å². The highest BCUT2D eigenvalue weighted by Crippen LogP contribution is 2.44. The lowest BCUT2D eigenvalue weighted by Gasteiger charge is -2.37. The van der Waals surface area contributed by atoms with Crippen LogP contribution in [0.2, 0.25) is 0 Å². The van der Waals surface area contributed by atoms with Gasteiger partial charge in [0.05, 0.1) is 10.9 Å². The predicted octanol–water partition coefficient (Wildman–Crippen LogP) is 3.58. The van der Waals surface area contributed by atoms with E-state index in [2.05, 4.69) is 26.3 Å². The molecule has 1 saturated carbocycles.